The van der Waals surface area contributed by atoms with E-state index in [9.17, 15) is 4.79 Å². The average molecular weight is 239 g/mol. The van der Waals surface area contributed by atoms with Crippen molar-refractivity contribution >= 4 is 6.09 Å². The number of amides is 1. The Morgan fingerprint density at radius 3 is 2.47 bits per heavy atom. The Morgan fingerprint density at radius 2 is 1.82 bits per heavy atom. The van der Waals surface area contributed by atoms with Crippen molar-refractivity contribution in [1.82, 2.24) is 5.32 Å². The lowest BCUT2D eigenvalue weighted by Gasteiger charge is -2.03. The zero-order valence-electron chi connectivity index (χ0n) is 11.1. The molecule has 0 fully saturated rings. The van der Waals surface area contributed by atoms with E-state index in [4.69, 9.17) is 4.74 Å². The fourth-order valence-electron chi connectivity index (χ4n) is 1.18. The van der Waals surface area contributed by atoms with Crippen molar-refractivity contribution in [2.45, 2.75) is 46.0 Å². The van der Waals surface area contributed by atoms with Gasteiger partial charge in [-0.3, -0.25) is 0 Å². The molecule has 17 heavy (non-hydrogen) atoms. The molecule has 0 aliphatic heterocycles. The maximum Gasteiger partial charge on any atom is 0.407 e. The van der Waals surface area contributed by atoms with Gasteiger partial charge in [-0.05, 0) is 25.7 Å². The molecule has 3 nitrogen and oxygen atoms in total. The van der Waals surface area contributed by atoms with Crippen molar-refractivity contribution in [1.29, 1.82) is 0 Å². The molecule has 1 N–H and O–H groups in total. The van der Waals surface area contributed by atoms with Gasteiger partial charge in [-0.15, -0.1) is 0 Å². The highest BCUT2D eigenvalue weighted by Crippen LogP contribution is 1.93. The van der Waals surface area contributed by atoms with E-state index in [1.807, 2.05) is 6.08 Å². The summed E-state index contributed by atoms with van der Waals surface area (Å²) in [5.74, 6) is 0. The summed E-state index contributed by atoms with van der Waals surface area (Å²) >= 11 is 0. The maximum absolute atomic E-state index is 11.1. The number of allylic oxidation sites excluding steroid dienone is 3. The van der Waals surface area contributed by atoms with E-state index >= 15 is 0 Å². The summed E-state index contributed by atoms with van der Waals surface area (Å²) in [6.07, 6.45) is 13.2. The van der Waals surface area contributed by atoms with Crippen LogP contribution in [0.15, 0.2) is 24.3 Å². The molecule has 0 unspecified atom stereocenters. The highest BCUT2D eigenvalue weighted by Gasteiger charge is 1.97. The molecule has 0 spiro atoms. The quantitative estimate of drug-likeness (QED) is 0.490. The Morgan fingerprint density at radius 1 is 1.12 bits per heavy atom. The Balaban J connectivity index is 3.33. The van der Waals surface area contributed by atoms with Gasteiger partial charge in [0.1, 0.15) is 0 Å². The van der Waals surface area contributed by atoms with Crippen LogP contribution in [0.4, 0.5) is 4.79 Å². The first-order valence-corrected chi connectivity index (χ1v) is 6.51. The molecule has 0 aromatic heterocycles. The van der Waals surface area contributed by atoms with Crippen molar-refractivity contribution in [2.75, 3.05) is 13.2 Å². The maximum atomic E-state index is 11.1. The molecule has 1 amide bonds. The van der Waals surface area contributed by atoms with E-state index in [0.717, 1.165) is 32.1 Å². The van der Waals surface area contributed by atoms with Crippen LogP contribution < -0.4 is 5.32 Å². The van der Waals surface area contributed by atoms with E-state index in [2.05, 4.69) is 37.4 Å². The third-order valence-electron chi connectivity index (χ3n) is 2.16. The summed E-state index contributed by atoms with van der Waals surface area (Å²) in [5.41, 5.74) is 0. The Kier molecular flexibility index (Phi) is 11.9. The summed E-state index contributed by atoms with van der Waals surface area (Å²) in [4.78, 5) is 11.1. The molecule has 0 aromatic carbocycles. The predicted octanol–water partition coefficient (Wildman–Crippen LogP) is 3.82. The highest BCUT2D eigenvalue weighted by molar-refractivity contribution is 5.67. The molecule has 0 radical (unpaired) electrons. The van der Waals surface area contributed by atoms with Crippen LogP contribution in [0, 0.1) is 0 Å². The van der Waals surface area contributed by atoms with Gasteiger partial charge >= 0.3 is 6.09 Å². The number of carbonyl (C=O) groups excluding carboxylic acids is 1. The predicted molar refractivity (Wildman–Crippen MR) is 72.1 cm³/mol. The second-order valence-electron chi connectivity index (χ2n) is 3.80. The lowest BCUT2D eigenvalue weighted by atomic mass is 10.2. The van der Waals surface area contributed by atoms with Crippen LogP contribution in [0.1, 0.15) is 46.0 Å². The molecule has 0 saturated heterocycles. The number of carbonyl (C=O) groups is 1. The molecule has 3 heteroatoms. The molecule has 0 rings (SSSR count). The number of rotatable bonds is 9. The molecule has 0 heterocycles. The summed E-state index contributed by atoms with van der Waals surface area (Å²) in [6.45, 7) is 5.24. The zero-order valence-corrected chi connectivity index (χ0v) is 11.1. The lowest BCUT2D eigenvalue weighted by Crippen LogP contribution is -2.24. The Hall–Kier alpha value is -1.25. The molecule has 0 bridgehead atoms. The van der Waals surface area contributed by atoms with E-state index in [1.54, 1.807) is 0 Å². The highest BCUT2D eigenvalue weighted by atomic mass is 16.5. The van der Waals surface area contributed by atoms with Crippen LogP contribution in [0.3, 0.4) is 0 Å². The molecule has 0 aliphatic carbocycles. The van der Waals surface area contributed by atoms with Gasteiger partial charge in [0.25, 0.3) is 0 Å². The van der Waals surface area contributed by atoms with E-state index in [1.165, 1.54) is 0 Å². The minimum absolute atomic E-state index is 0.325. The monoisotopic (exact) mass is 239 g/mol. The first-order valence-electron chi connectivity index (χ1n) is 6.51. The van der Waals surface area contributed by atoms with E-state index in [0.29, 0.717) is 13.2 Å². The van der Waals surface area contributed by atoms with Gasteiger partial charge < -0.3 is 10.1 Å². The number of unbranched alkanes of at least 4 members (excludes halogenated alkanes) is 2. The largest absolute Gasteiger partial charge is 0.450 e. The second-order valence-corrected chi connectivity index (χ2v) is 3.80. The topological polar surface area (TPSA) is 38.3 Å². The van der Waals surface area contributed by atoms with Crippen LogP contribution >= 0.6 is 0 Å². The third-order valence-corrected chi connectivity index (χ3v) is 2.16. The first-order chi connectivity index (χ1) is 8.31. The van der Waals surface area contributed by atoms with Gasteiger partial charge in [-0.1, -0.05) is 44.6 Å². The summed E-state index contributed by atoms with van der Waals surface area (Å²) < 4.78 is 4.95. The van der Waals surface area contributed by atoms with Crippen LogP contribution in [-0.4, -0.2) is 19.2 Å². The third kappa shape index (κ3) is 12.7. The number of nitrogens with one attached hydrogen (secondary N) is 1. The SMILES string of the molecule is CCC=CCCC=CCNC(=O)OCCCC. The van der Waals surface area contributed by atoms with Gasteiger partial charge in [0.2, 0.25) is 0 Å². The van der Waals surface area contributed by atoms with Crippen molar-refractivity contribution in [3.05, 3.63) is 24.3 Å². The van der Waals surface area contributed by atoms with Crippen LogP contribution in [0.25, 0.3) is 0 Å². The molecule has 0 atom stereocenters. The minimum Gasteiger partial charge on any atom is -0.450 e. The van der Waals surface area contributed by atoms with Crippen LogP contribution in [0.2, 0.25) is 0 Å². The van der Waals surface area contributed by atoms with Gasteiger partial charge in [-0.2, -0.15) is 0 Å². The second kappa shape index (κ2) is 12.8. The first kappa shape index (κ1) is 15.8. The molecular formula is C14H25NO2. The minimum atomic E-state index is -0.325. The normalized spacial score (nSPS) is 11.2. The van der Waals surface area contributed by atoms with Gasteiger partial charge in [-0.25, -0.2) is 4.79 Å². The van der Waals surface area contributed by atoms with Crippen molar-refractivity contribution < 1.29 is 9.53 Å². The number of ether oxygens (including phenoxy) is 1. The van der Waals surface area contributed by atoms with Crippen molar-refractivity contribution in [3.63, 3.8) is 0 Å². The molecule has 0 aromatic rings. The molecule has 0 aliphatic rings. The van der Waals surface area contributed by atoms with Crippen molar-refractivity contribution in [3.8, 4) is 0 Å². The molecule has 0 saturated carbocycles. The average Bonchev–Trinajstić information content (AvgIpc) is 2.33. The number of alkyl carbamates (subject to hydrolysis) is 1. The fraction of sp³-hybridized carbons (Fsp3) is 0.643. The Bertz CT molecular complexity index is 234. The van der Waals surface area contributed by atoms with Crippen LogP contribution in [-0.2, 0) is 4.74 Å². The number of hydrogen-bond donors (Lipinski definition) is 1. The lowest BCUT2D eigenvalue weighted by molar-refractivity contribution is 0.145. The summed E-state index contributed by atoms with van der Waals surface area (Å²) in [6, 6.07) is 0. The molecule has 98 valence electrons. The van der Waals surface area contributed by atoms with Crippen molar-refractivity contribution in [2.24, 2.45) is 0 Å². The summed E-state index contributed by atoms with van der Waals surface area (Å²) in [7, 11) is 0. The number of hydrogen-bond acceptors (Lipinski definition) is 2. The Labute approximate surface area is 105 Å². The van der Waals surface area contributed by atoms with E-state index in [-0.39, 0.29) is 6.09 Å². The fourth-order valence-corrected chi connectivity index (χ4v) is 1.18. The standard InChI is InChI=1S/C14H25NO2/c1-3-5-7-8-9-10-11-12-15-14(16)17-13-6-4-2/h5,7,10-11H,3-4,6,8-9,12-13H2,1-2H3,(H,15,16). The molecular weight excluding hydrogens is 214 g/mol. The van der Waals surface area contributed by atoms with Crippen LogP contribution in [0.5, 0.6) is 0 Å². The zero-order chi connectivity index (χ0) is 12.8. The summed E-state index contributed by atoms with van der Waals surface area (Å²) in [5, 5.41) is 2.68. The smallest absolute Gasteiger partial charge is 0.407 e. The van der Waals surface area contributed by atoms with Gasteiger partial charge in [0.05, 0.1) is 6.61 Å². The van der Waals surface area contributed by atoms with E-state index < -0.39 is 0 Å². The van der Waals surface area contributed by atoms with Gasteiger partial charge in [0, 0.05) is 6.54 Å². The van der Waals surface area contributed by atoms with Gasteiger partial charge in [0.15, 0.2) is 0 Å².